The van der Waals surface area contributed by atoms with Crippen LogP contribution in [0.5, 0.6) is 0 Å². The first-order valence-electron chi connectivity index (χ1n) is 0.894. The van der Waals surface area contributed by atoms with Gasteiger partial charge in [0.2, 0.25) is 0 Å². The van der Waals surface area contributed by atoms with Crippen molar-refractivity contribution in [1.29, 1.82) is 0 Å². The standard InChI is InChI=1S/CH4.Fe.Li.H4O4Si.H/c;;;1-5(2,3)4;/h1H4;;;1-4H;. The zero-order chi connectivity index (χ0) is 4.50. The normalized spacial score (nSPS) is 7.50. The first-order valence-corrected chi connectivity index (χ1v) is 2.68. The first-order chi connectivity index (χ1) is 2.00. The zero-order valence-electron chi connectivity index (χ0n) is 2.64. The predicted octanol–water partition coefficient (Wildman–Crippen LogP) is -2.62. The fraction of sp³-hybridized carbons (Fsp3) is 1.00. The maximum atomic E-state index is 7.33. The Morgan fingerprint density at radius 2 is 0.875 bits per heavy atom. The molecule has 0 fully saturated rings. The van der Waals surface area contributed by atoms with Crippen molar-refractivity contribution >= 4 is 27.9 Å². The van der Waals surface area contributed by atoms with Crippen LogP contribution in [-0.4, -0.2) is 47.1 Å². The number of hydrogen-bond donors (Lipinski definition) is 4. The Hall–Kier alpha value is 1.17. The molecule has 8 heavy (non-hydrogen) atoms. The van der Waals surface area contributed by atoms with Gasteiger partial charge in [0, 0.05) is 17.1 Å². The second kappa shape index (κ2) is 8.17. The van der Waals surface area contributed by atoms with Crippen LogP contribution in [0.3, 0.4) is 0 Å². The zero-order valence-corrected chi connectivity index (χ0v) is 4.75. The van der Waals surface area contributed by atoms with E-state index in [2.05, 4.69) is 0 Å². The number of rotatable bonds is 0. The van der Waals surface area contributed by atoms with Gasteiger partial charge >= 0.3 is 27.9 Å². The average molecular weight is 176 g/mol. The van der Waals surface area contributed by atoms with E-state index in [1.807, 2.05) is 0 Å². The summed E-state index contributed by atoms with van der Waals surface area (Å²) in [5.74, 6) is 0. The molecule has 7 heteroatoms. The van der Waals surface area contributed by atoms with Gasteiger partial charge in [-0.05, 0) is 0 Å². The van der Waals surface area contributed by atoms with E-state index < -0.39 is 9.05 Å². The van der Waals surface area contributed by atoms with Gasteiger partial charge in [-0.15, -0.1) is 0 Å². The second-order valence-corrected chi connectivity index (χ2v) is 1.80. The molecule has 0 aromatic heterocycles. The van der Waals surface area contributed by atoms with Crippen LogP contribution in [0.4, 0.5) is 0 Å². The summed E-state index contributed by atoms with van der Waals surface area (Å²) in [6.07, 6.45) is 0. The molecule has 4 nitrogen and oxygen atoms in total. The SMILES string of the molecule is C.O[Si](O)(O)O.[Fe].[LiH]. The van der Waals surface area contributed by atoms with E-state index in [9.17, 15) is 0 Å². The molecule has 0 saturated carbocycles. The van der Waals surface area contributed by atoms with Gasteiger partial charge in [0.25, 0.3) is 0 Å². The Balaban J connectivity index is -0.0000000267. The molecule has 0 saturated heterocycles. The van der Waals surface area contributed by atoms with Crippen molar-refractivity contribution in [1.82, 2.24) is 0 Å². The molecule has 0 spiro atoms. The molecule has 0 bridgehead atoms. The van der Waals surface area contributed by atoms with Gasteiger partial charge in [0.1, 0.15) is 0 Å². The van der Waals surface area contributed by atoms with Gasteiger partial charge < -0.3 is 19.2 Å². The summed E-state index contributed by atoms with van der Waals surface area (Å²) in [6.45, 7) is 0. The fourth-order valence-corrected chi connectivity index (χ4v) is 0. The molecule has 0 aliphatic carbocycles. The quantitative estimate of drug-likeness (QED) is 0.304. The molecule has 0 amide bonds. The number of hydrogen-bond acceptors (Lipinski definition) is 4. The van der Waals surface area contributed by atoms with Crippen LogP contribution in [0.1, 0.15) is 7.43 Å². The summed E-state index contributed by atoms with van der Waals surface area (Å²) in [5.41, 5.74) is 0. The van der Waals surface area contributed by atoms with Gasteiger partial charge in [-0.3, -0.25) is 0 Å². The van der Waals surface area contributed by atoms with Crippen molar-refractivity contribution in [2.45, 2.75) is 7.43 Å². The van der Waals surface area contributed by atoms with Gasteiger partial charge in [-0.1, -0.05) is 7.43 Å². The molecule has 0 aliphatic heterocycles. The van der Waals surface area contributed by atoms with Gasteiger partial charge in [-0.2, -0.15) is 0 Å². The molecule has 0 radical (unpaired) electrons. The Kier molecular flexibility index (Phi) is 23.4. The van der Waals surface area contributed by atoms with Crippen molar-refractivity contribution < 1.29 is 36.3 Å². The fourth-order valence-electron chi connectivity index (χ4n) is 0. The van der Waals surface area contributed by atoms with E-state index in [1.165, 1.54) is 0 Å². The van der Waals surface area contributed by atoms with Crippen molar-refractivity contribution in [3.8, 4) is 0 Å². The van der Waals surface area contributed by atoms with E-state index in [0.717, 1.165) is 0 Å². The Bertz CT molecular complexity index is 31.5. The van der Waals surface area contributed by atoms with Crippen LogP contribution in [0.15, 0.2) is 0 Å². The van der Waals surface area contributed by atoms with Gasteiger partial charge in [0.15, 0.2) is 0 Å². The summed E-state index contributed by atoms with van der Waals surface area (Å²) in [4.78, 5) is 29.3. The molecule has 0 unspecified atom stereocenters. The molecule has 0 aromatic rings. The Morgan fingerprint density at radius 1 is 0.875 bits per heavy atom. The molecule has 0 rings (SSSR count). The second-order valence-electron chi connectivity index (χ2n) is 0.600. The summed E-state index contributed by atoms with van der Waals surface area (Å²) in [5, 5.41) is 0. The Morgan fingerprint density at radius 3 is 0.875 bits per heavy atom. The van der Waals surface area contributed by atoms with Crippen LogP contribution in [0.25, 0.3) is 0 Å². The van der Waals surface area contributed by atoms with E-state index in [1.54, 1.807) is 0 Å². The Labute approximate surface area is 71.7 Å². The molecule has 0 atom stereocenters. The minimum atomic E-state index is -4.61. The summed E-state index contributed by atoms with van der Waals surface area (Å²) in [7, 11) is -4.61. The summed E-state index contributed by atoms with van der Waals surface area (Å²) < 4.78 is 0. The van der Waals surface area contributed by atoms with Crippen LogP contribution in [0, 0.1) is 0 Å². The van der Waals surface area contributed by atoms with Crippen LogP contribution >= 0.6 is 0 Å². The summed E-state index contributed by atoms with van der Waals surface area (Å²) >= 11 is 0. The van der Waals surface area contributed by atoms with E-state index in [-0.39, 0.29) is 43.4 Å². The van der Waals surface area contributed by atoms with Crippen molar-refractivity contribution in [2.75, 3.05) is 0 Å². The molecular formula is CH9FeLiO4Si. The van der Waals surface area contributed by atoms with Crippen molar-refractivity contribution in [2.24, 2.45) is 0 Å². The van der Waals surface area contributed by atoms with Crippen LogP contribution < -0.4 is 0 Å². The summed E-state index contributed by atoms with van der Waals surface area (Å²) in [6, 6.07) is 0. The van der Waals surface area contributed by atoms with E-state index in [0.29, 0.717) is 0 Å². The predicted molar refractivity (Wildman–Crippen MR) is 28.5 cm³/mol. The molecule has 50 valence electrons. The van der Waals surface area contributed by atoms with E-state index >= 15 is 0 Å². The van der Waals surface area contributed by atoms with E-state index in [4.69, 9.17) is 19.2 Å². The molecule has 0 aromatic carbocycles. The minimum absolute atomic E-state index is 0. The first kappa shape index (κ1) is 22.9. The third kappa shape index (κ3) is 198. The molecule has 0 aliphatic rings. The van der Waals surface area contributed by atoms with Crippen LogP contribution in [-0.2, 0) is 17.1 Å². The average Bonchev–Trinajstić information content (AvgIpc) is 0.722. The molecule has 4 N–H and O–H groups in total. The maximum absolute atomic E-state index is 7.33. The van der Waals surface area contributed by atoms with Gasteiger partial charge in [-0.25, -0.2) is 0 Å². The third-order valence-corrected chi connectivity index (χ3v) is 0. The van der Waals surface area contributed by atoms with Crippen molar-refractivity contribution in [3.05, 3.63) is 0 Å². The van der Waals surface area contributed by atoms with Gasteiger partial charge in [0.05, 0.1) is 0 Å². The molecule has 0 heterocycles. The molecular weight excluding hydrogens is 167 g/mol. The topological polar surface area (TPSA) is 80.9 Å². The monoisotopic (exact) mass is 176 g/mol. The third-order valence-electron chi connectivity index (χ3n) is 0. The van der Waals surface area contributed by atoms with Crippen LogP contribution in [0.2, 0.25) is 0 Å². The van der Waals surface area contributed by atoms with Crippen molar-refractivity contribution in [3.63, 3.8) is 0 Å².